The molecule has 0 aromatic heterocycles. The van der Waals surface area contributed by atoms with Crippen LogP contribution in [0.2, 0.25) is 0 Å². The summed E-state index contributed by atoms with van der Waals surface area (Å²) in [4.78, 5) is 0. The second-order valence-corrected chi connectivity index (χ2v) is 6.08. The lowest BCUT2D eigenvalue weighted by Gasteiger charge is -2.12. The molecule has 0 spiro atoms. The van der Waals surface area contributed by atoms with Crippen molar-refractivity contribution in [2.24, 2.45) is 5.73 Å². The molecule has 2 N–H and O–H groups in total. The van der Waals surface area contributed by atoms with Gasteiger partial charge in [-0.25, -0.2) is 0 Å². The van der Waals surface area contributed by atoms with E-state index in [1.54, 1.807) is 7.11 Å². The van der Waals surface area contributed by atoms with Crippen molar-refractivity contribution in [3.8, 4) is 5.75 Å². The molecular formula is C19H33NO. The van der Waals surface area contributed by atoms with E-state index >= 15 is 0 Å². The molecule has 0 saturated carbocycles. The van der Waals surface area contributed by atoms with Crippen molar-refractivity contribution in [1.29, 1.82) is 0 Å². The van der Waals surface area contributed by atoms with E-state index in [0.717, 1.165) is 18.6 Å². The number of rotatable bonds is 12. The number of ether oxygens (including phenoxy) is 1. The van der Waals surface area contributed by atoms with E-state index in [9.17, 15) is 0 Å². The molecule has 0 saturated heterocycles. The monoisotopic (exact) mass is 291 g/mol. The van der Waals surface area contributed by atoms with E-state index in [1.807, 2.05) is 12.1 Å². The zero-order valence-electron chi connectivity index (χ0n) is 13.9. The summed E-state index contributed by atoms with van der Waals surface area (Å²) in [6, 6.07) is 8.52. The highest BCUT2D eigenvalue weighted by atomic mass is 16.5. The second-order valence-electron chi connectivity index (χ2n) is 6.08. The van der Waals surface area contributed by atoms with E-state index in [-0.39, 0.29) is 6.04 Å². The molecular weight excluding hydrogens is 258 g/mol. The second kappa shape index (κ2) is 11.6. The molecule has 0 amide bonds. The average Bonchev–Trinajstić information content (AvgIpc) is 2.50. The van der Waals surface area contributed by atoms with Crippen molar-refractivity contribution >= 4 is 0 Å². The Hall–Kier alpha value is -1.02. The number of hydrogen-bond acceptors (Lipinski definition) is 2. The van der Waals surface area contributed by atoms with Crippen molar-refractivity contribution < 1.29 is 4.74 Å². The van der Waals surface area contributed by atoms with Crippen molar-refractivity contribution in [3.63, 3.8) is 0 Å². The third kappa shape index (κ3) is 8.77. The molecule has 0 bridgehead atoms. The van der Waals surface area contributed by atoms with E-state index < -0.39 is 0 Å². The number of hydrogen-bond donors (Lipinski definition) is 1. The predicted octanol–water partition coefficient (Wildman–Crippen LogP) is 5.10. The van der Waals surface area contributed by atoms with Crippen LogP contribution in [0.15, 0.2) is 24.3 Å². The molecule has 1 rings (SSSR count). The van der Waals surface area contributed by atoms with Crippen molar-refractivity contribution in [3.05, 3.63) is 29.8 Å². The first-order valence-corrected chi connectivity index (χ1v) is 8.64. The molecule has 120 valence electrons. The summed E-state index contributed by atoms with van der Waals surface area (Å²) >= 11 is 0. The van der Waals surface area contributed by atoms with Crippen LogP contribution in [0.4, 0.5) is 0 Å². The number of benzene rings is 1. The van der Waals surface area contributed by atoms with Gasteiger partial charge in [-0.15, -0.1) is 0 Å². The highest BCUT2D eigenvalue weighted by Crippen LogP contribution is 2.16. The van der Waals surface area contributed by atoms with Crippen LogP contribution in [0.1, 0.15) is 70.3 Å². The van der Waals surface area contributed by atoms with Crippen molar-refractivity contribution in [2.45, 2.75) is 77.2 Å². The zero-order chi connectivity index (χ0) is 15.3. The molecule has 0 radical (unpaired) electrons. The first kappa shape index (κ1) is 18.0. The zero-order valence-corrected chi connectivity index (χ0v) is 13.9. The topological polar surface area (TPSA) is 35.2 Å². The van der Waals surface area contributed by atoms with Crippen molar-refractivity contribution in [2.75, 3.05) is 7.11 Å². The predicted molar refractivity (Wildman–Crippen MR) is 91.9 cm³/mol. The molecule has 21 heavy (non-hydrogen) atoms. The number of unbranched alkanes of at least 4 members (excludes halogenated alkanes) is 7. The molecule has 0 aliphatic carbocycles. The van der Waals surface area contributed by atoms with Crippen LogP contribution < -0.4 is 10.5 Å². The van der Waals surface area contributed by atoms with Crippen LogP contribution in [0.3, 0.4) is 0 Å². The summed E-state index contributed by atoms with van der Waals surface area (Å²) in [5, 5.41) is 0. The SMILES string of the molecule is CCCCCCCCCCC(N)Cc1cccc(OC)c1. The standard InChI is InChI=1S/C19H33NO/c1-3-4-5-6-7-8-9-10-13-18(20)15-17-12-11-14-19(16-17)21-2/h11-12,14,16,18H,3-10,13,15,20H2,1-2H3. The largest absolute Gasteiger partial charge is 0.497 e. The molecule has 2 heteroatoms. The van der Waals surface area contributed by atoms with Crippen LogP contribution >= 0.6 is 0 Å². The van der Waals surface area contributed by atoms with Crippen LogP contribution in [0.25, 0.3) is 0 Å². The molecule has 0 heterocycles. The van der Waals surface area contributed by atoms with Gasteiger partial charge in [0.05, 0.1) is 7.11 Å². The van der Waals surface area contributed by atoms with Gasteiger partial charge in [-0.05, 0) is 30.5 Å². The fraction of sp³-hybridized carbons (Fsp3) is 0.684. The van der Waals surface area contributed by atoms with Gasteiger partial charge in [0.1, 0.15) is 5.75 Å². The molecule has 1 atom stereocenters. The highest BCUT2D eigenvalue weighted by Gasteiger charge is 2.05. The first-order chi connectivity index (χ1) is 10.3. The van der Waals surface area contributed by atoms with Gasteiger partial charge >= 0.3 is 0 Å². The Labute approximate surface area is 131 Å². The van der Waals surface area contributed by atoms with Gasteiger partial charge in [0.25, 0.3) is 0 Å². The maximum absolute atomic E-state index is 6.24. The van der Waals surface area contributed by atoms with Gasteiger partial charge in [-0.1, -0.05) is 70.4 Å². The average molecular weight is 291 g/mol. The van der Waals surface area contributed by atoms with Crippen LogP contribution in [-0.2, 0) is 6.42 Å². The smallest absolute Gasteiger partial charge is 0.119 e. The molecule has 0 fully saturated rings. The van der Waals surface area contributed by atoms with Crippen molar-refractivity contribution in [1.82, 2.24) is 0 Å². The minimum Gasteiger partial charge on any atom is -0.497 e. The van der Waals surface area contributed by atoms with Gasteiger partial charge in [0.2, 0.25) is 0 Å². The summed E-state index contributed by atoms with van der Waals surface area (Å²) in [5.74, 6) is 0.923. The summed E-state index contributed by atoms with van der Waals surface area (Å²) in [7, 11) is 1.71. The van der Waals surface area contributed by atoms with E-state index in [2.05, 4.69) is 19.1 Å². The minimum atomic E-state index is 0.275. The van der Waals surface area contributed by atoms with E-state index in [1.165, 1.54) is 56.9 Å². The Bertz CT molecular complexity index is 364. The normalized spacial score (nSPS) is 12.3. The molecule has 0 aliphatic heterocycles. The molecule has 1 aromatic rings. The summed E-state index contributed by atoms with van der Waals surface area (Å²) in [5.41, 5.74) is 7.52. The lowest BCUT2D eigenvalue weighted by molar-refractivity contribution is 0.414. The fourth-order valence-corrected chi connectivity index (χ4v) is 2.74. The Kier molecular flexibility index (Phi) is 9.98. The summed E-state index contributed by atoms with van der Waals surface area (Å²) in [6.45, 7) is 2.27. The van der Waals surface area contributed by atoms with Gasteiger partial charge < -0.3 is 10.5 Å². The van der Waals surface area contributed by atoms with Gasteiger partial charge in [-0.3, -0.25) is 0 Å². The Morgan fingerprint density at radius 1 is 1.00 bits per heavy atom. The lowest BCUT2D eigenvalue weighted by atomic mass is 10.00. The highest BCUT2D eigenvalue weighted by molar-refractivity contribution is 5.28. The quantitative estimate of drug-likeness (QED) is 0.544. The first-order valence-electron chi connectivity index (χ1n) is 8.64. The molecule has 2 nitrogen and oxygen atoms in total. The molecule has 1 unspecified atom stereocenters. The van der Waals surface area contributed by atoms with Gasteiger partial charge in [-0.2, -0.15) is 0 Å². The maximum Gasteiger partial charge on any atom is 0.119 e. The Morgan fingerprint density at radius 2 is 1.67 bits per heavy atom. The minimum absolute atomic E-state index is 0.275. The molecule has 0 aliphatic rings. The van der Waals surface area contributed by atoms with Crippen LogP contribution in [0.5, 0.6) is 5.75 Å². The van der Waals surface area contributed by atoms with Gasteiger partial charge in [0.15, 0.2) is 0 Å². The fourth-order valence-electron chi connectivity index (χ4n) is 2.74. The summed E-state index contributed by atoms with van der Waals surface area (Å²) < 4.78 is 5.25. The lowest BCUT2D eigenvalue weighted by Crippen LogP contribution is -2.22. The van der Waals surface area contributed by atoms with E-state index in [0.29, 0.717) is 0 Å². The van der Waals surface area contributed by atoms with Gasteiger partial charge in [0, 0.05) is 6.04 Å². The van der Waals surface area contributed by atoms with E-state index in [4.69, 9.17) is 10.5 Å². The third-order valence-electron chi connectivity index (χ3n) is 4.06. The van der Waals surface area contributed by atoms with Crippen LogP contribution in [-0.4, -0.2) is 13.2 Å². The number of methoxy groups -OCH3 is 1. The summed E-state index contributed by atoms with van der Waals surface area (Å²) in [6.07, 6.45) is 13.0. The Balaban J connectivity index is 2.07. The third-order valence-corrected chi connectivity index (χ3v) is 4.06. The Morgan fingerprint density at radius 3 is 2.33 bits per heavy atom. The molecule has 1 aromatic carbocycles. The van der Waals surface area contributed by atoms with Crippen LogP contribution in [0, 0.1) is 0 Å². The number of nitrogens with two attached hydrogens (primary N) is 1. The maximum atomic E-state index is 6.24.